The van der Waals surface area contributed by atoms with Crippen LogP contribution in [0.15, 0.2) is 53.4 Å². The zero-order valence-electron chi connectivity index (χ0n) is 12.4. The van der Waals surface area contributed by atoms with Gasteiger partial charge in [-0.25, -0.2) is 0 Å². The van der Waals surface area contributed by atoms with Crippen LogP contribution in [0.4, 0.5) is 9.57 Å². The fourth-order valence-electron chi connectivity index (χ4n) is 1.88. The second-order valence-electron chi connectivity index (χ2n) is 4.80. The summed E-state index contributed by atoms with van der Waals surface area (Å²) in [5, 5.41) is 11.0. The molecular weight excluding hydrogens is 392 g/mol. The Labute approximate surface area is 153 Å². The maximum atomic E-state index is 12.9. The molecule has 0 N–H and O–H groups in total. The minimum absolute atomic E-state index is 0.0803. The SMILES string of the molecule is O=[N+]([O-])c1ccc(/C=C/C=C/c2ccc(S(=O)(=O)F)cc2Cl)c(Cl)c1. The predicted octanol–water partition coefficient (Wildman–Crippen LogP) is 5.29. The molecule has 0 amide bonds. The largest absolute Gasteiger partial charge is 0.332 e. The molecule has 0 saturated carbocycles. The molecule has 0 fully saturated rings. The molecule has 0 bridgehead atoms. The second-order valence-corrected chi connectivity index (χ2v) is 6.96. The summed E-state index contributed by atoms with van der Waals surface area (Å²) in [6.45, 7) is 0. The van der Waals surface area contributed by atoms with Crippen LogP contribution in [0.1, 0.15) is 11.1 Å². The van der Waals surface area contributed by atoms with Crippen molar-refractivity contribution in [2.24, 2.45) is 0 Å². The van der Waals surface area contributed by atoms with Crippen LogP contribution in [-0.4, -0.2) is 13.3 Å². The van der Waals surface area contributed by atoms with E-state index in [1.54, 1.807) is 24.3 Å². The number of nitro groups is 1. The maximum absolute atomic E-state index is 12.9. The van der Waals surface area contributed by atoms with Crippen LogP contribution >= 0.6 is 23.2 Å². The van der Waals surface area contributed by atoms with Crippen molar-refractivity contribution in [1.29, 1.82) is 0 Å². The molecule has 0 unspecified atom stereocenters. The quantitative estimate of drug-likeness (QED) is 0.295. The topological polar surface area (TPSA) is 77.3 Å². The van der Waals surface area contributed by atoms with Gasteiger partial charge in [-0.3, -0.25) is 10.1 Å². The van der Waals surface area contributed by atoms with Crippen molar-refractivity contribution in [3.8, 4) is 0 Å². The fourth-order valence-corrected chi connectivity index (χ4v) is 2.91. The zero-order chi connectivity index (χ0) is 18.6. The summed E-state index contributed by atoms with van der Waals surface area (Å²) in [6, 6.07) is 7.60. The molecule has 0 aliphatic carbocycles. The Morgan fingerprint density at radius 2 is 1.48 bits per heavy atom. The molecule has 9 heteroatoms. The summed E-state index contributed by atoms with van der Waals surface area (Å²) < 4.78 is 34.5. The Bertz CT molecular complexity index is 988. The molecule has 0 aromatic heterocycles. The fraction of sp³-hybridized carbons (Fsp3) is 0. The third-order valence-corrected chi connectivity index (χ3v) is 4.58. The lowest BCUT2D eigenvalue weighted by atomic mass is 10.1. The molecule has 2 rings (SSSR count). The highest BCUT2D eigenvalue weighted by atomic mass is 35.5. The Kier molecular flexibility index (Phi) is 5.94. The number of hydrogen-bond acceptors (Lipinski definition) is 4. The van der Waals surface area contributed by atoms with Gasteiger partial charge in [-0.1, -0.05) is 53.6 Å². The molecule has 0 saturated heterocycles. The minimum Gasteiger partial charge on any atom is -0.258 e. The molecule has 2 aromatic carbocycles. The van der Waals surface area contributed by atoms with E-state index in [2.05, 4.69) is 0 Å². The Balaban J connectivity index is 2.16. The predicted molar refractivity (Wildman–Crippen MR) is 95.9 cm³/mol. The van der Waals surface area contributed by atoms with E-state index in [4.69, 9.17) is 23.2 Å². The van der Waals surface area contributed by atoms with Gasteiger partial charge in [0.05, 0.1) is 14.8 Å². The zero-order valence-corrected chi connectivity index (χ0v) is 14.7. The van der Waals surface area contributed by atoms with Crippen LogP contribution < -0.4 is 0 Å². The van der Waals surface area contributed by atoms with Crippen molar-refractivity contribution in [3.05, 3.63) is 79.8 Å². The van der Waals surface area contributed by atoms with E-state index in [1.807, 2.05) is 0 Å². The molecule has 25 heavy (non-hydrogen) atoms. The average Bonchev–Trinajstić information content (AvgIpc) is 2.52. The molecular formula is C16H10Cl2FNO4S. The lowest BCUT2D eigenvalue weighted by molar-refractivity contribution is -0.384. The van der Waals surface area contributed by atoms with Gasteiger partial charge in [0.2, 0.25) is 0 Å². The van der Waals surface area contributed by atoms with E-state index in [1.165, 1.54) is 24.3 Å². The number of hydrogen-bond donors (Lipinski definition) is 0. The molecule has 0 aliphatic heterocycles. The highest BCUT2D eigenvalue weighted by Crippen LogP contribution is 2.25. The van der Waals surface area contributed by atoms with Gasteiger partial charge >= 0.3 is 10.2 Å². The molecule has 5 nitrogen and oxygen atoms in total. The summed E-state index contributed by atoms with van der Waals surface area (Å²) >= 11 is 11.9. The van der Waals surface area contributed by atoms with E-state index in [-0.39, 0.29) is 15.7 Å². The average molecular weight is 402 g/mol. The number of rotatable bonds is 5. The first-order valence-corrected chi connectivity index (χ1v) is 8.85. The number of nitro benzene ring substituents is 1. The van der Waals surface area contributed by atoms with Gasteiger partial charge in [-0.2, -0.15) is 8.42 Å². The number of halogens is 3. The number of nitrogens with zero attached hydrogens (tertiary/aromatic N) is 1. The second kappa shape index (κ2) is 7.77. The smallest absolute Gasteiger partial charge is 0.258 e. The lowest BCUT2D eigenvalue weighted by Gasteiger charge is -2.00. The van der Waals surface area contributed by atoms with Gasteiger partial charge in [0.15, 0.2) is 0 Å². The monoisotopic (exact) mass is 401 g/mol. The maximum Gasteiger partial charge on any atom is 0.332 e. The number of allylic oxidation sites excluding steroid dienone is 2. The van der Waals surface area contributed by atoms with Crippen LogP contribution in [0.5, 0.6) is 0 Å². The third kappa shape index (κ3) is 5.12. The first kappa shape index (κ1) is 19.1. The van der Waals surface area contributed by atoms with E-state index >= 15 is 0 Å². The third-order valence-electron chi connectivity index (χ3n) is 3.11. The normalized spacial score (nSPS) is 12.1. The molecule has 0 heterocycles. The van der Waals surface area contributed by atoms with Crippen molar-refractivity contribution >= 4 is 51.3 Å². The molecule has 2 aromatic rings. The summed E-state index contributed by atoms with van der Waals surface area (Å²) in [5.74, 6) is 0. The van der Waals surface area contributed by atoms with Crippen LogP contribution in [0, 0.1) is 10.1 Å². The Hall–Kier alpha value is -2.22. The molecule has 0 aliphatic rings. The van der Waals surface area contributed by atoms with Crippen LogP contribution in [0.3, 0.4) is 0 Å². The van der Waals surface area contributed by atoms with E-state index in [9.17, 15) is 22.4 Å². The number of benzene rings is 2. The van der Waals surface area contributed by atoms with Crippen molar-refractivity contribution in [2.45, 2.75) is 4.90 Å². The van der Waals surface area contributed by atoms with Crippen LogP contribution in [0.25, 0.3) is 12.2 Å². The van der Waals surface area contributed by atoms with E-state index in [0.717, 1.165) is 12.1 Å². The van der Waals surface area contributed by atoms with Crippen molar-refractivity contribution < 1.29 is 17.2 Å². The lowest BCUT2D eigenvalue weighted by Crippen LogP contribution is -1.92. The molecule has 130 valence electrons. The van der Waals surface area contributed by atoms with Crippen LogP contribution in [0.2, 0.25) is 10.0 Å². The van der Waals surface area contributed by atoms with Gasteiger partial charge in [0.25, 0.3) is 5.69 Å². The van der Waals surface area contributed by atoms with Gasteiger partial charge in [0, 0.05) is 17.2 Å². The van der Waals surface area contributed by atoms with Gasteiger partial charge in [-0.15, -0.1) is 3.89 Å². The highest BCUT2D eigenvalue weighted by molar-refractivity contribution is 7.86. The van der Waals surface area contributed by atoms with Gasteiger partial charge in [-0.05, 0) is 29.3 Å². The first-order chi connectivity index (χ1) is 11.7. The van der Waals surface area contributed by atoms with Crippen LogP contribution in [-0.2, 0) is 10.2 Å². The van der Waals surface area contributed by atoms with E-state index in [0.29, 0.717) is 11.1 Å². The van der Waals surface area contributed by atoms with Crippen molar-refractivity contribution in [2.75, 3.05) is 0 Å². The summed E-state index contributed by atoms with van der Waals surface area (Å²) in [7, 11) is -4.80. The summed E-state index contributed by atoms with van der Waals surface area (Å²) in [5.41, 5.74) is 0.975. The number of non-ortho nitro benzene ring substituents is 1. The minimum atomic E-state index is -4.80. The molecule has 0 radical (unpaired) electrons. The Morgan fingerprint density at radius 1 is 0.960 bits per heavy atom. The van der Waals surface area contributed by atoms with E-state index < -0.39 is 20.0 Å². The van der Waals surface area contributed by atoms with Gasteiger partial charge in [0.1, 0.15) is 0 Å². The summed E-state index contributed by atoms with van der Waals surface area (Å²) in [6.07, 6.45) is 6.47. The Morgan fingerprint density at radius 3 is 1.92 bits per heavy atom. The first-order valence-electron chi connectivity index (χ1n) is 6.71. The molecule has 0 atom stereocenters. The summed E-state index contributed by atoms with van der Waals surface area (Å²) in [4.78, 5) is 9.59. The highest BCUT2D eigenvalue weighted by Gasteiger charge is 2.12. The van der Waals surface area contributed by atoms with Crippen molar-refractivity contribution in [1.82, 2.24) is 0 Å². The standard InChI is InChI=1S/C16H10Cl2FNO4S/c17-15-9-13(20(21)22)7-5-11(15)3-1-2-4-12-6-8-14(10-16(12)18)25(19,23)24/h1-10H/b3-1+,4-2+. The van der Waals surface area contributed by atoms with Gasteiger partial charge < -0.3 is 0 Å². The van der Waals surface area contributed by atoms with Crippen molar-refractivity contribution in [3.63, 3.8) is 0 Å². The molecule has 0 spiro atoms.